The summed E-state index contributed by atoms with van der Waals surface area (Å²) >= 11 is 0. The minimum absolute atomic E-state index is 0.114. The molecule has 0 bridgehead atoms. The molecule has 2 aromatic heterocycles. The minimum Gasteiger partial charge on any atom is -0.475 e. The van der Waals surface area contributed by atoms with Crippen molar-refractivity contribution in [2.75, 3.05) is 26.9 Å². The molecule has 0 spiro atoms. The molecule has 1 aliphatic heterocycles. The Bertz CT molecular complexity index is 1120. The minimum atomic E-state index is -4.58. The maximum Gasteiger partial charge on any atom is 0.433 e. The van der Waals surface area contributed by atoms with Crippen LogP contribution in [0.5, 0.6) is 5.88 Å². The van der Waals surface area contributed by atoms with Crippen molar-refractivity contribution in [1.29, 1.82) is 0 Å². The van der Waals surface area contributed by atoms with Crippen molar-refractivity contribution in [2.24, 2.45) is 0 Å². The van der Waals surface area contributed by atoms with E-state index in [1.54, 1.807) is 26.8 Å². The average Bonchev–Trinajstić information content (AvgIpc) is 3.23. The quantitative estimate of drug-likeness (QED) is 0.395. The molecule has 2 aromatic rings. The number of likely N-dealkylation sites (tertiary alicyclic amines) is 1. The van der Waals surface area contributed by atoms with Gasteiger partial charge >= 0.3 is 12.3 Å². The number of hydrogen-bond donors (Lipinski definition) is 1. The van der Waals surface area contributed by atoms with Crippen molar-refractivity contribution in [3.63, 3.8) is 0 Å². The van der Waals surface area contributed by atoms with Gasteiger partial charge in [-0.15, -0.1) is 0 Å². The first-order valence-corrected chi connectivity index (χ1v) is 11.8. The molecule has 0 aromatic carbocycles. The van der Waals surface area contributed by atoms with Gasteiger partial charge in [0.15, 0.2) is 0 Å². The van der Waals surface area contributed by atoms with Gasteiger partial charge in [-0.2, -0.15) is 13.2 Å². The molecule has 2 unspecified atom stereocenters. The Kier molecular flexibility index (Phi) is 9.13. The van der Waals surface area contributed by atoms with Gasteiger partial charge < -0.3 is 19.5 Å². The molecular weight excluding hydrogens is 512 g/mol. The molecule has 13 heteroatoms. The molecule has 1 aliphatic rings. The first-order chi connectivity index (χ1) is 17.8. The molecule has 2 atom stereocenters. The van der Waals surface area contributed by atoms with E-state index in [9.17, 15) is 27.2 Å². The summed E-state index contributed by atoms with van der Waals surface area (Å²) in [6.07, 6.45) is -5.85. The molecule has 1 saturated heterocycles. The number of rotatable bonds is 8. The number of amides is 2. The predicted octanol–water partition coefficient (Wildman–Crippen LogP) is 4.15. The van der Waals surface area contributed by atoms with E-state index in [2.05, 4.69) is 15.3 Å². The highest BCUT2D eigenvalue weighted by molar-refractivity contribution is 5.86. The third-order valence-corrected chi connectivity index (χ3v) is 5.40. The summed E-state index contributed by atoms with van der Waals surface area (Å²) in [4.78, 5) is 34.3. The molecular formula is C25H30F4N4O5. The summed E-state index contributed by atoms with van der Waals surface area (Å²) in [5.74, 6) is -0.440. The number of ether oxygens (including phenoxy) is 3. The lowest BCUT2D eigenvalue weighted by molar-refractivity contribution is -0.141. The number of methoxy groups -OCH3 is 1. The van der Waals surface area contributed by atoms with E-state index >= 15 is 0 Å². The second-order valence-corrected chi connectivity index (χ2v) is 9.66. The van der Waals surface area contributed by atoms with Crippen LogP contribution < -0.4 is 10.1 Å². The standard InChI is InChI=1S/C25H30F4N4O5/c1-24(2,3)38-23(35)33-14-17(26)11-19(33)22(34)31-13-18-9-16(10-21(32-18)37-8-7-36-4)15-5-6-20(30-12-15)25(27,28)29/h5-6,9-10,12,17,19H,7-8,11,13-14H2,1-4H3,(H,31,34). The second kappa shape index (κ2) is 11.9. The van der Waals surface area contributed by atoms with Gasteiger partial charge in [0, 0.05) is 31.4 Å². The van der Waals surface area contributed by atoms with Crippen molar-refractivity contribution in [2.45, 2.75) is 57.7 Å². The number of alkyl halides is 4. The van der Waals surface area contributed by atoms with Crippen LogP contribution in [0.4, 0.5) is 22.4 Å². The van der Waals surface area contributed by atoms with Crippen LogP contribution in [-0.2, 0) is 27.0 Å². The number of nitrogens with one attached hydrogen (secondary N) is 1. The van der Waals surface area contributed by atoms with Crippen LogP contribution >= 0.6 is 0 Å². The van der Waals surface area contributed by atoms with Gasteiger partial charge in [0.25, 0.3) is 0 Å². The van der Waals surface area contributed by atoms with Crippen molar-refractivity contribution >= 4 is 12.0 Å². The number of carbonyl (C=O) groups is 2. The first kappa shape index (κ1) is 29.1. The number of halogens is 4. The van der Waals surface area contributed by atoms with Crippen LogP contribution in [-0.4, -0.2) is 71.6 Å². The highest BCUT2D eigenvalue weighted by Gasteiger charge is 2.41. The van der Waals surface area contributed by atoms with E-state index in [4.69, 9.17) is 14.2 Å². The molecule has 9 nitrogen and oxygen atoms in total. The van der Waals surface area contributed by atoms with Gasteiger partial charge in [0.2, 0.25) is 11.8 Å². The Balaban J connectivity index is 1.78. The zero-order chi connectivity index (χ0) is 28.1. The summed E-state index contributed by atoms with van der Waals surface area (Å²) in [6.45, 7) is 5.05. The van der Waals surface area contributed by atoms with Gasteiger partial charge in [-0.05, 0) is 38.5 Å². The highest BCUT2D eigenvalue weighted by atomic mass is 19.4. The predicted molar refractivity (Wildman–Crippen MR) is 128 cm³/mol. The SMILES string of the molecule is COCCOc1cc(-c2ccc(C(F)(F)F)nc2)cc(CNC(=O)C2CC(F)CN2C(=O)OC(C)(C)C)n1. The van der Waals surface area contributed by atoms with E-state index < -0.39 is 41.7 Å². The van der Waals surface area contributed by atoms with Crippen LogP contribution in [0.2, 0.25) is 0 Å². The number of carbonyl (C=O) groups excluding carboxylic acids is 2. The van der Waals surface area contributed by atoms with Crippen LogP contribution in [0.15, 0.2) is 30.5 Å². The molecule has 208 valence electrons. The topological polar surface area (TPSA) is 103 Å². The van der Waals surface area contributed by atoms with E-state index in [0.29, 0.717) is 16.8 Å². The highest BCUT2D eigenvalue weighted by Crippen LogP contribution is 2.30. The number of nitrogens with zero attached hydrogens (tertiary/aromatic N) is 3. The van der Waals surface area contributed by atoms with E-state index in [1.807, 2.05) is 0 Å². The van der Waals surface area contributed by atoms with Gasteiger partial charge in [-0.3, -0.25) is 14.7 Å². The zero-order valence-electron chi connectivity index (χ0n) is 21.5. The van der Waals surface area contributed by atoms with Gasteiger partial charge in [-0.1, -0.05) is 6.07 Å². The fraction of sp³-hybridized carbons (Fsp3) is 0.520. The third-order valence-electron chi connectivity index (χ3n) is 5.40. The summed E-state index contributed by atoms with van der Waals surface area (Å²) < 4.78 is 68.7. The maximum atomic E-state index is 14.1. The van der Waals surface area contributed by atoms with Crippen LogP contribution in [0.3, 0.4) is 0 Å². The summed E-state index contributed by atoms with van der Waals surface area (Å²) in [5, 5.41) is 2.65. The molecule has 0 saturated carbocycles. The van der Waals surface area contributed by atoms with Gasteiger partial charge in [0.05, 0.1) is 25.4 Å². The van der Waals surface area contributed by atoms with Crippen LogP contribution in [0, 0.1) is 0 Å². The summed E-state index contributed by atoms with van der Waals surface area (Å²) in [6, 6.07) is 4.15. The van der Waals surface area contributed by atoms with E-state index in [-0.39, 0.29) is 38.6 Å². The Morgan fingerprint density at radius 2 is 1.87 bits per heavy atom. The number of aromatic nitrogens is 2. The van der Waals surface area contributed by atoms with Gasteiger partial charge in [-0.25, -0.2) is 14.2 Å². The molecule has 38 heavy (non-hydrogen) atoms. The maximum absolute atomic E-state index is 14.1. The molecule has 1 fully saturated rings. The smallest absolute Gasteiger partial charge is 0.433 e. The number of hydrogen-bond acceptors (Lipinski definition) is 7. The zero-order valence-corrected chi connectivity index (χ0v) is 21.5. The molecule has 0 radical (unpaired) electrons. The molecule has 0 aliphatic carbocycles. The average molecular weight is 543 g/mol. The van der Waals surface area contributed by atoms with E-state index in [0.717, 1.165) is 17.2 Å². The van der Waals surface area contributed by atoms with Crippen LogP contribution in [0.1, 0.15) is 38.6 Å². The fourth-order valence-corrected chi connectivity index (χ4v) is 3.70. The normalized spacial score (nSPS) is 17.8. The molecule has 2 amide bonds. The Morgan fingerprint density at radius 1 is 1.13 bits per heavy atom. The lowest BCUT2D eigenvalue weighted by Gasteiger charge is -2.27. The molecule has 3 rings (SSSR count). The largest absolute Gasteiger partial charge is 0.475 e. The second-order valence-electron chi connectivity index (χ2n) is 9.66. The van der Waals surface area contributed by atoms with Crippen molar-refractivity contribution < 1.29 is 41.4 Å². The van der Waals surface area contributed by atoms with Crippen molar-refractivity contribution in [1.82, 2.24) is 20.2 Å². The Labute approximate surface area is 217 Å². The van der Waals surface area contributed by atoms with Crippen molar-refractivity contribution in [3.8, 4) is 17.0 Å². The Morgan fingerprint density at radius 3 is 2.47 bits per heavy atom. The molecule has 3 heterocycles. The van der Waals surface area contributed by atoms with Crippen LogP contribution in [0.25, 0.3) is 11.1 Å². The number of pyridine rings is 2. The fourth-order valence-electron chi connectivity index (χ4n) is 3.70. The lowest BCUT2D eigenvalue weighted by Crippen LogP contribution is -2.47. The lowest BCUT2D eigenvalue weighted by atomic mass is 10.1. The molecule has 1 N–H and O–H groups in total. The summed E-state index contributed by atoms with van der Waals surface area (Å²) in [5.41, 5.74) is -0.698. The van der Waals surface area contributed by atoms with E-state index in [1.165, 1.54) is 19.2 Å². The summed E-state index contributed by atoms with van der Waals surface area (Å²) in [7, 11) is 1.49. The Hall–Kier alpha value is -3.48. The van der Waals surface area contributed by atoms with Gasteiger partial charge in [0.1, 0.15) is 30.1 Å². The third kappa shape index (κ3) is 8.01. The van der Waals surface area contributed by atoms with Crippen molar-refractivity contribution in [3.05, 3.63) is 41.9 Å². The first-order valence-electron chi connectivity index (χ1n) is 11.8. The monoisotopic (exact) mass is 542 g/mol.